The molecule has 7 heteroatoms. The fraction of sp³-hybridized carbons (Fsp3) is 0.312. The highest BCUT2D eigenvalue weighted by molar-refractivity contribution is 6.14. The number of nitrogens with one attached hydrogen (secondary N) is 2. The van der Waals surface area contributed by atoms with Gasteiger partial charge < -0.3 is 14.9 Å². The van der Waals surface area contributed by atoms with Crippen molar-refractivity contribution < 1.29 is 23.9 Å². The molecule has 0 aliphatic rings. The Morgan fingerprint density at radius 3 is 2.00 bits per heavy atom. The van der Waals surface area contributed by atoms with Gasteiger partial charge in [-0.2, -0.15) is 0 Å². The number of esters is 2. The van der Waals surface area contributed by atoms with Crippen LogP contribution in [0.1, 0.15) is 29.8 Å². The molecule has 0 bridgehead atoms. The largest absolute Gasteiger partial charge is 0.462 e. The second-order valence-corrected chi connectivity index (χ2v) is 4.46. The van der Waals surface area contributed by atoms with E-state index >= 15 is 0 Å². The van der Waals surface area contributed by atoms with Gasteiger partial charge in [0, 0.05) is 11.8 Å². The van der Waals surface area contributed by atoms with Crippen molar-refractivity contribution in [2.75, 3.05) is 13.2 Å². The summed E-state index contributed by atoms with van der Waals surface area (Å²) in [5.41, 5.74) is 5.90. The van der Waals surface area contributed by atoms with E-state index in [2.05, 4.69) is 10.9 Å². The van der Waals surface area contributed by atoms with Crippen LogP contribution in [0.4, 0.5) is 0 Å². The molecule has 0 aliphatic carbocycles. The summed E-state index contributed by atoms with van der Waals surface area (Å²) in [7, 11) is 0. The zero-order valence-electron chi connectivity index (χ0n) is 13.3. The van der Waals surface area contributed by atoms with E-state index in [1.807, 2.05) is 6.92 Å². The second-order valence-electron chi connectivity index (χ2n) is 4.46. The quantitative estimate of drug-likeness (QED) is 0.258. The number of carbonyl (C=O) groups excluding carboxylic acids is 3. The van der Waals surface area contributed by atoms with E-state index in [0.717, 1.165) is 11.8 Å². The Kier molecular flexibility index (Phi) is 7.32. The SMILES string of the molecule is CCOC(=O)C(=CNNC(=O)c1ccc(C)cc1)C(=O)OCC. The number of hydrogen-bond donors (Lipinski definition) is 2. The summed E-state index contributed by atoms with van der Waals surface area (Å²) in [5, 5.41) is 0. The first-order valence-corrected chi connectivity index (χ1v) is 7.16. The molecule has 1 aromatic rings. The number of amides is 1. The highest BCUT2D eigenvalue weighted by atomic mass is 16.6. The molecule has 0 atom stereocenters. The second kappa shape index (κ2) is 9.24. The molecule has 0 unspecified atom stereocenters. The van der Waals surface area contributed by atoms with Gasteiger partial charge >= 0.3 is 11.9 Å². The smallest absolute Gasteiger partial charge is 0.347 e. The number of hydrogen-bond acceptors (Lipinski definition) is 6. The van der Waals surface area contributed by atoms with Crippen LogP contribution in [0.2, 0.25) is 0 Å². The zero-order chi connectivity index (χ0) is 17.2. The lowest BCUT2D eigenvalue weighted by Crippen LogP contribution is -2.35. The lowest BCUT2D eigenvalue weighted by molar-refractivity contribution is -0.146. The van der Waals surface area contributed by atoms with Gasteiger partial charge in [-0.15, -0.1) is 0 Å². The Bertz CT molecular complexity index is 573. The predicted octanol–water partition coefficient (Wildman–Crippen LogP) is 1.24. The maximum atomic E-state index is 11.9. The summed E-state index contributed by atoms with van der Waals surface area (Å²) in [6.45, 7) is 5.38. The fourth-order valence-electron chi connectivity index (χ4n) is 1.57. The number of benzene rings is 1. The lowest BCUT2D eigenvalue weighted by atomic mass is 10.1. The van der Waals surface area contributed by atoms with Gasteiger partial charge in [-0.3, -0.25) is 10.2 Å². The van der Waals surface area contributed by atoms with Gasteiger partial charge in [-0.25, -0.2) is 9.59 Å². The molecule has 0 saturated heterocycles. The van der Waals surface area contributed by atoms with E-state index in [9.17, 15) is 14.4 Å². The van der Waals surface area contributed by atoms with Crippen molar-refractivity contribution in [1.82, 2.24) is 10.9 Å². The van der Waals surface area contributed by atoms with E-state index < -0.39 is 17.8 Å². The van der Waals surface area contributed by atoms with Gasteiger partial charge in [0.15, 0.2) is 5.57 Å². The van der Waals surface area contributed by atoms with Crippen molar-refractivity contribution in [3.8, 4) is 0 Å². The van der Waals surface area contributed by atoms with Crippen molar-refractivity contribution in [1.29, 1.82) is 0 Å². The van der Waals surface area contributed by atoms with E-state index in [1.54, 1.807) is 38.1 Å². The van der Waals surface area contributed by atoms with E-state index in [0.29, 0.717) is 5.56 Å². The molecular weight excluding hydrogens is 300 g/mol. The van der Waals surface area contributed by atoms with Crippen molar-refractivity contribution in [3.63, 3.8) is 0 Å². The van der Waals surface area contributed by atoms with Crippen LogP contribution >= 0.6 is 0 Å². The summed E-state index contributed by atoms with van der Waals surface area (Å²) in [6, 6.07) is 6.92. The van der Waals surface area contributed by atoms with Gasteiger partial charge in [-0.1, -0.05) is 17.7 Å². The van der Waals surface area contributed by atoms with Crippen molar-refractivity contribution in [2.24, 2.45) is 0 Å². The first kappa shape index (κ1) is 18.2. The maximum Gasteiger partial charge on any atom is 0.347 e. The van der Waals surface area contributed by atoms with Crippen molar-refractivity contribution in [2.45, 2.75) is 20.8 Å². The average molecular weight is 320 g/mol. The molecule has 0 heterocycles. The van der Waals surface area contributed by atoms with Gasteiger partial charge in [0.05, 0.1) is 13.2 Å². The number of ether oxygens (including phenoxy) is 2. The first-order chi connectivity index (χ1) is 11.0. The molecule has 0 radical (unpaired) electrons. The van der Waals surface area contributed by atoms with Crippen LogP contribution in [0.15, 0.2) is 36.0 Å². The molecule has 1 aromatic carbocycles. The Hall–Kier alpha value is -2.83. The highest BCUT2D eigenvalue weighted by Crippen LogP contribution is 2.03. The molecule has 2 N–H and O–H groups in total. The Morgan fingerprint density at radius 1 is 1.00 bits per heavy atom. The van der Waals surface area contributed by atoms with Gasteiger partial charge in [-0.05, 0) is 32.9 Å². The van der Waals surface area contributed by atoms with Gasteiger partial charge in [0.25, 0.3) is 5.91 Å². The highest BCUT2D eigenvalue weighted by Gasteiger charge is 2.21. The van der Waals surface area contributed by atoms with E-state index in [4.69, 9.17) is 9.47 Å². The van der Waals surface area contributed by atoms with Crippen LogP contribution in [0.5, 0.6) is 0 Å². The number of carbonyl (C=O) groups is 3. The number of hydrazine groups is 1. The Labute approximate surface area is 134 Å². The predicted molar refractivity (Wildman–Crippen MR) is 83.1 cm³/mol. The third kappa shape index (κ3) is 5.82. The molecule has 0 aromatic heterocycles. The van der Waals surface area contributed by atoms with Crippen LogP contribution in [0.3, 0.4) is 0 Å². The average Bonchev–Trinajstić information content (AvgIpc) is 2.52. The molecule has 7 nitrogen and oxygen atoms in total. The summed E-state index contributed by atoms with van der Waals surface area (Å²) in [5.74, 6) is -2.07. The molecule has 1 rings (SSSR count). The molecular formula is C16H20N2O5. The third-order valence-corrected chi connectivity index (χ3v) is 2.71. The summed E-state index contributed by atoms with van der Waals surface area (Å²) >= 11 is 0. The van der Waals surface area contributed by atoms with Crippen LogP contribution in [-0.4, -0.2) is 31.1 Å². The monoisotopic (exact) mass is 320 g/mol. The van der Waals surface area contributed by atoms with E-state index in [-0.39, 0.29) is 18.8 Å². The lowest BCUT2D eigenvalue weighted by Gasteiger charge is -2.08. The first-order valence-electron chi connectivity index (χ1n) is 7.16. The summed E-state index contributed by atoms with van der Waals surface area (Å²) < 4.78 is 9.53. The van der Waals surface area contributed by atoms with Crippen molar-refractivity contribution in [3.05, 3.63) is 47.2 Å². The van der Waals surface area contributed by atoms with Crippen molar-refractivity contribution >= 4 is 17.8 Å². The van der Waals surface area contributed by atoms with Gasteiger partial charge in [0.1, 0.15) is 0 Å². The summed E-state index contributed by atoms with van der Waals surface area (Å²) in [4.78, 5) is 35.3. The van der Waals surface area contributed by atoms with Crippen LogP contribution in [-0.2, 0) is 19.1 Å². The normalized spacial score (nSPS) is 9.52. The zero-order valence-corrected chi connectivity index (χ0v) is 13.3. The van der Waals surface area contributed by atoms with Crippen LogP contribution < -0.4 is 10.9 Å². The molecule has 1 amide bonds. The minimum Gasteiger partial charge on any atom is -0.462 e. The molecule has 23 heavy (non-hydrogen) atoms. The minimum absolute atomic E-state index is 0.116. The number of aryl methyl sites for hydroxylation is 1. The minimum atomic E-state index is -0.831. The standard InChI is InChI=1S/C16H20N2O5/c1-4-22-15(20)13(16(21)23-5-2)10-17-18-14(19)12-8-6-11(3)7-9-12/h6-10,17H,4-5H2,1-3H3,(H,18,19). The summed E-state index contributed by atoms with van der Waals surface area (Å²) in [6.07, 6.45) is 1.04. The molecule has 0 aliphatic heterocycles. The molecule has 124 valence electrons. The molecule has 0 fully saturated rings. The maximum absolute atomic E-state index is 11.9. The molecule has 0 saturated carbocycles. The number of rotatable bonds is 7. The third-order valence-electron chi connectivity index (χ3n) is 2.71. The molecule has 0 spiro atoms. The van der Waals surface area contributed by atoms with Gasteiger partial charge in [0.2, 0.25) is 0 Å². The van der Waals surface area contributed by atoms with Crippen LogP contribution in [0.25, 0.3) is 0 Å². The Balaban J connectivity index is 2.72. The topological polar surface area (TPSA) is 93.7 Å². The Morgan fingerprint density at radius 2 is 1.52 bits per heavy atom. The fourth-order valence-corrected chi connectivity index (χ4v) is 1.57. The van der Waals surface area contributed by atoms with Crippen LogP contribution in [0, 0.1) is 6.92 Å². The van der Waals surface area contributed by atoms with E-state index in [1.165, 1.54) is 0 Å².